The van der Waals surface area contributed by atoms with Crippen LogP contribution < -0.4 is 10.1 Å². The van der Waals surface area contributed by atoms with Gasteiger partial charge >= 0.3 is 0 Å². The third-order valence-corrected chi connectivity index (χ3v) is 5.81. The average Bonchev–Trinajstić information content (AvgIpc) is 3.18. The van der Waals surface area contributed by atoms with Crippen molar-refractivity contribution in [2.75, 3.05) is 11.9 Å². The molecule has 2 heterocycles. The quantitative estimate of drug-likeness (QED) is 0.375. The van der Waals surface area contributed by atoms with Gasteiger partial charge in [-0.15, -0.1) is 0 Å². The highest BCUT2D eigenvalue weighted by Crippen LogP contribution is 2.43. The molecule has 0 saturated heterocycles. The lowest BCUT2D eigenvalue weighted by atomic mass is 9.98. The number of hydrogen-bond donors (Lipinski definition) is 1. The van der Waals surface area contributed by atoms with E-state index in [1.54, 1.807) is 0 Å². The van der Waals surface area contributed by atoms with Gasteiger partial charge in [-0.3, -0.25) is 0 Å². The Labute approximate surface area is 177 Å². The third kappa shape index (κ3) is 3.22. The number of fused-ring (bicyclic) bond motifs is 4. The smallest absolute Gasteiger partial charge is 0.151 e. The number of aromatic nitrogens is 2. The first kappa shape index (κ1) is 18.7. The van der Waals surface area contributed by atoms with E-state index in [1.165, 1.54) is 29.2 Å². The Balaban J connectivity index is 1.66. The minimum atomic E-state index is -0.129. The molecule has 1 aromatic heterocycles. The zero-order chi connectivity index (χ0) is 20.5. The van der Waals surface area contributed by atoms with Crippen molar-refractivity contribution in [2.24, 2.45) is 0 Å². The molecule has 4 heteroatoms. The fourth-order valence-corrected chi connectivity index (χ4v) is 4.37. The summed E-state index contributed by atoms with van der Waals surface area (Å²) in [5.41, 5.74) is 5.60. The monoisotopic (exact) mass is 397 g/mol. The van der Waals surface area contributed by atoms with Gasteiger partial charge in [0.2, 0.25) is 0 Å². The fourth-order valence-electron chi connectivity index (χ4n) is 4.37. The Hall–Kier alpha value is -3.27. The largest absolute Gasteiger partial charge is 0.493 e. The summed E-state index contributed by atoms with van der Waals surface area (Å²) >= 11 is 0. The second-order valence-electron chi connectivity index (χ2n) is 7.96. The van der Waals surface area contributed by atoms with Gasteiger partial charge in [-0.2, -0.15) is 5.10 Å². The molecule has 4 nitrogen and oxygen atoms in total. The first-order valence-corrected chi connectivity index (χ1v) is 10.8. The van der Waals surface area contributed by atoms with Gasteiger partial charge in [0.15, 0.2) is 6.17 Å². The van der Waals surface area contributed by atoms with Crippen LogP contribution in [0.2, 0.25) is 0 Å². The van der Waals surface area contributed by atoms with Crippen LogP contribution in [0.15, 0.2) is 66.7 Å². The predicted molar refractivity (Wildman–Crippen MR) is 123 cm³/mol. The van der Waals surface area contributed by atoms with Crippen molar-refractivity contribution < 1.29 is 4.74 Å². The van der Waals surface area contributed by atoms with Crippen molar-refractivity contribution in [3.05, 3.63) is 78.0 Å². The number of ether oxygens (including phenoxy) is 1. The molecule has 0 aliphatic carbocycles. The van der Waals surface area contributed by atoms with Crippen molar-refractivity contribution in [3.63, 3.8) is 0 Å². The number of unbranched alkanes of at least 4 members (excludes halogenated alkanes) is 2. The number of para-hydroxylation sites is 1. The molecular formula is C26H27N3O. The lowest BCUT2D eigenvalue weighted by Gasteiger charge is -2.31. The summed E-state index contributed by atoms with van der Waals surface area (Å²) in [5, 5.41) is 11.0. The summed E-state index contributed by atoms with van der Waals surface area (Å²) in [4.78, 5) is 0. The van der Waals surface area contributed by atoms with Gasteiger partial charge in [-0.1, -0.05) is 68.3 Å². The minimum absolute atomic E-state index is 0.129. The lowest BCUT2D eigenvalue weighted by Crippen LogP contribution is -2.26. The Bertz CT molecular complexity index is 1190. The molecule has 5 rings (SSSR count). The first-order chi connectivity index (χ1) is 14.8. The standard InChI is InChI=1S/C26H27N3O/c1-3-4-9-16-30-24-15-14-19-10-5-6-11-20(19)25(24)26-27-22-13-8-7-12-21(22)23-17-18(2)28-29(23)26/h5-8,10-15,17,26-27H,3-4,9,16H2,1-2H3. The maximum atomic E-state index is 6.33. The van der Waals surface area contributed by atoms with Crippen LogP contribution >= 0.6 is 0 Å². The van der Waals surface area contributed by atoms with E-state index < -0.39 is 0 Å². The Morgan fingerprint density at radius 3 is 2.73 bits per heavy atom. The molecule has 4 aromatic rings. The zero-order valence-electron chi connectivity index (χ0n) is 17.6. The van der Waals surface area contributed by atoms with E-state index >= 15 is 0 Å². The number of hydrogen-bond acceptors (Lipinski definition) is 3. The van der Waals surface area contributed by atoms with E-state index in [0.29, 0.717) is 0 Å². The van der Waals surface area contributed by atoms with Crippen LogP contribution in [0.4, 0.5) is 5.69 Å². The summed E-state index contributed by atoms with van der Waals surface area (Å²) in [6.45, 7) is 5.00. The van der Waals surface area contributed by atoms with Gasteiger partial charge in [0, 0.05) is 16.8 Å². The van der Waals surface area contributed by atoms with Crippen LogP contribution in [0.1, 0.15) is 43.6 Å². The van der Waals surface area contributed by atoms with Crippen molar-refractivity contribution in [3.8, 4) is 17.0 Å². The molecule has 0 amide bonds. The van der Waals surface area contributed by atoms with Gasteiger partial charge in [-0.05, 0) is 42.3 Å². The van der Waals surface area contributed by atoms with Crippen LogP contribution in [0.3, 0.4) is 0 Å². The van der Waals surface area contributed by atoms with Crippen LogP contribution in [0.5, 0.6) is 5.75 Å². The number of nitrogens with zero attached hydrogens (tertiary/aromatic N) is 2. The molecule has 3 aromatic carbocycles. The molecule has 30 heavy (non-hydrogen) atoms. The molecule has 1 N–H and O–H groups in total. The van der Waals surface area contributed by atoms with Crippen LogP contribution in [-0.2, 0) is 0 Å². The van der Waals surface area contributed by atoms with E-state index in [1.807, 2.05) is 0 Å². The second-order valence-corrected chi connectivity index (χ2v) is 7.96. The van der Waals surface area contributed by atoms with Crippen molar-refractivity contribution in [1.29, 1.82) is 0 Å². The van der Waals surface area contributed by atoms with E-state index in [-0.39, 0.29) is 6.17 Å². The molecule has 1 unspecified atom stereocenters. The molecule has 152 valence electrons. The number of anilines is 1. The summed E-state index contributed by atoms with van der Waals surface area (Å²) in [7, 11) is 0. The zero-order valence-corrected chi connectivity index (χ0v) is 17.6. The van der Waals surface area contributed by atoms with Gasteiger partial charge in [-0.25, -0.2) is 4.68 Å². The van der Waals surface area contributed by atoms with Crippen molar-refractivity contribution in [2.45, 2.75) is 39.3 Å². The number of benzene rings is 3. The highest BCUT2D eigenvalue weighted by Gasteiger charge is 2.29. The van der Waals surface area contributed by atoms with Crippen LogP contribution in [-0.4, -0.2) is 16.4 Å². The highest BCUT2D eigenvalue weighted by molar-refractivity contribution is 5.89. The van der Waals surface area contributed by atoms with E-state index in [2.05, 4.69) is 90.6 Å². The molecule has 1 atom stereocenters. The number of nitrogens with one attached hydrogen (secondary N) is 1. The van der Waals surface area contributed by atoms with Gasteiger partial charge in [0.05, 0.1) is 18.0 Å². The maximum absolute atomic E-state index is 6.33. The summed E-state index contributed by atoms with van der Waals surface area (Å²) < 4.78 is 8.44. The van der Waals surface area contributed by atoms with Gasteiger partial charge < -0.3 is 10.1 Å². The Kier molecular flexibility index (Phi) is 4.91. The van der Waals surface area contributed by atoms with Crippen molar-refractivity contribution in [1.82, 2.24) is 9.78 Å². The van der Waals surface area contributed by atoms with E-state index in [9.17, 15) is 0 Å². The molecule has 0 radical (unpaired) electrons. The highest BCUT2D eigenvalue weighted by atomic mass is 16.5. The van der Waals surface area contributed by atoms with Crippen LogP contribution in [0.25, 0.3) is 22.0 Å². The number of rotatable bonds is 6. The third-order valence-electron chi connectivity index (χ3n) is 5.81. The molecule has 0 bridgehead atoms. The first-order valence-electron chi connectivity index (χ1n) is 10.8. The average molecular weight is 398 g/mol. The maximum Gasteiger partial charge on any atom is 0.151 e. The molecular weight excluding hydrogens is 370 g/mol. The normalized spacial score (nSPS) is 14.8. The molecule has 1 aliphatic heterocycles. The lowest BCUT2D eigenvalue weighted by molar-refractivity contribution is 0.301. The Morgan fingerprint density at radius 1 is 1.00 bits per heavy atom. The molecule has 1 aliphatic rings. The van der Waals surface area contributed by atoms with Crippen molar-refractivity contribution >= 4 is 16.5 Å². The summed E-state index contributed by atoms with van der Waals surface area (Å²) in [5.74, 6) is 0.931. The SMILES string of the molecule is CCCCCOc1ccc2ccccc2c1C1Nc2ccccc2-c2cc(C)nn21. The topological polar surface area (TPSA) is 39.1 Å². The van der Waals surface area contributed by atoms with E-state index in [0.717, 1.165) is 41.4 Å². The molecule has 0 spiro atoms. The summed E-state index contributed by atoms with van der Waals surface area (Å²) in [6, 6.07) is 23.4. The van der Waals surface area contributed by atoms with E-state index in [4.69, 9.17) is 9.84 Å². The molecule has 0 fully saturated rings. The minimum Gasteiger partial charge on any atom is -0.493 e. The Morgan fingerprint density at radius 2 is 1.83 bits per heavy atom. The molecule has 0 saturated carbocycles. The van der Waals surface area contributed by atoms with Gasteiger partial charge in [0.1, 0.15) is 5.75 Å². The van der Waals surface area contributed by atoms with Crippen LogP contribution in [0, 0.1) is 6.92 Å². The number of aryl methyl sites for hydroxylation is 1. The van der Waals surface area contributed by atoms with Gasteiger partial charge in [0.25, 0.3) is 0 Å². The fraction of sp³-hybridized carbons (Fsp3) is 0.269. The predicted octanol–water partition coefficient (Wildman–Crippen LogP) is 6.55. The second kappa shape index (κ2) is 7.86. The summed E-state index contributed by atoms with van der Waals surface area (Å²) in [6.07, 6.45) is 3.30.